The summed E-state index contributed by atoms with van der Waals surface area (Å²) < 4.78 is 2.22. The first kappa shape index (κ1) is 17.4. The monoisotopic (exact) mass is 343 g/mol. The number of rotatable bonds is 4. The van der Waals surface area contributed by atoms with E-state index >= 15 is 0 Å². The number of hydrogen-bond acceptors (Lipinski definition) is 4. The highest BCUT2D eigenvalue weighted by atomic mass is 16.5. The van der Waals surface area contributed by atoms with E-state index in [2.05, 4.69) is 16.8 Å². The maximum atomic E-state index is 12.7. The lowest BCUT2D eigenvalue weighted by Crippen LogP contribution is -2.46. The number of amides is 1. The number of piperidine rings is 1. The van der Waals surface area contributed by atoms with Crippen molar-refractivity contribution in [3.8, 4) is 11.3 Å². The van der Waals surface area contributed by atoms with Gasteiger partial charge in [0.1, 0.15) is 6.33 Å². The van der Waals surface area contributed by atoms with Gasteiger partial charge < -0.3 is 15.0 Å². The smallest absolute Gasteiger partial charge is 0.329 e. The lowest BCUT2D eigenvalue weighted by atomic mass is 10.0. The third-order valence-electron chi connectivity index (χ3n) is 4.82. The average Bonchev–Trinajstić information content (AvgIpc) is 3.11. The van der Waals surface area contributed by atoms with E-state index in [9.17, 15) is 10.0 Å². The third-order valence-corrected chi connectivity index (χ3v) is 4.82. The summed E-state index contributed by atoms with van der Waals surface area (Å²) in [6, 6.07) is 3.64. The summed E-state index contributed by atoms with van der Waals surface area (Å²) in [7, 11) is 1.86. The van der Waals surface area contributed by atoms with E-state index < -0.39 is 0 Å². The molecule has 134 valence electrons. The zero-order valence-electron chi connectivity index (χ0n) is 14.8. The molecule has 0 radical (unpaired) electrons. The molecule has 3 rings (SSSR count). The second kappa shape index (κ2) is 7.65. The van der Waals surface area contributed by atoms with Gasteiger partial charge in [-0.2, -0.15) is 4.73 Å². The van der Waals surface area contributed by atoms with E-state index in [1.54, 1.807) is 18.3 Å². The fraction of sp³-hybridized carbons (Fsp3) is 0.500. The zero-order valence-corrected chi connectivity index (χ0v) is 14.8. The molecule has 1 aliphatic heterocycles. The molecule has 1 amide bonds. The van der Waals surface area contributed by atoms with Crippen LogP contribution in [0.4, 0.5) is 4.79 Å². The number of pyridine rings is 1. The van der Waals surface area contributed by atoms with Gasteiger partial charge in [-0.1, -0.05) is 6.92 Å². The van der Waals surface area contributed by atoms with Crippen LogP contribution in [0.1, 0.15) is 26.2 Å². The van der Waals surface area contributed by atoms with Crippen molar-refractivity contribution in [2.24, 2.45) is 0 Å². The topological polar surface area (TPSA) is 68.3 Å². The summed E-state index contributed by atoms with van der Waals surface area (Å²) in [4.78, 5) is 21.3. The first-order valence-electron chi connectivity index (χ1n) is 8.81. The minimum absolute atomic E-state index is 0.0846. The summed E-state index contributed by atoms with van der Waals surface area (Å²) in [6.07, 6.45) is 9.23. The normalized spacial score (nSPS) is 16.1. The second-order valence-electron chi connectivity index (χ2n) is 6.58. The molecule has 1 aliphatic rings. The van der Waals surface area contributed by atoms with Crippen LogP contribution in [0.15, 0.2) is 37.1 Å². The first-order chi connectivity index (χ1) is 12.1. The molecule has 2 aromatic rings. The Morgan fingerprint density at radius 2 is 2.20 bits per heavy atom. The van der Waals surface area contributed by atoms with Gasteiger partial charge in [0.2, 0.25) is 0 Å². The van der Waals surface area contributed by atoms with E-state index in [-0.39, 0.29) is 12.1 Å². The van der Waals surface area contributed by atoms with Gasteiger partial charge >= 0.3 is 6.03 Å². The SMILES string of the molecule is CCCN1CCC(N(C)C(=O)n2cnc(-c3ccc[n+]([O-])c3)c2)CC1. The van der Waals surface area contributed by atoms with Crippen LogP contribution in [-0.2, 0) is 0 Å². The Bertz CT molecular complexity index is 722. The predicted octanol–water partition coefficient (Wildman–Crippen LogP) is 1.96. The van der Waals surface area contributed by atoms with Gasteiger partial charge in [-0.05, 0) is 31.9 Å². The van der Waals surface area contributed by atoms with Gasteiger partial charge in [-0.15, -0.1) is 0 Å². The van der Waals surface area contributed by atoms with E-state index in [1.165, 1.54) is 29.7 Å². The molecule has 0 unspecified atom stereocenters. The predicted molar refractivity (Wildman–Crippen MR) is 94.9 cm³/mol. The Labute approximate surface area is 148 Å². The Morgan fingerprint density at radius 1 is 1.44 bits per heavy atom. The molecule has 25 heavy (non-hydrogen) atoms. The molecular weight excluding hydrogens is 318 g/mol. The zero-order chi connectivity index (χ0) is 17.8. The molecule has 7 heteroatoms. The van der Waals surface area contributed by atoms with Gasteiger partial charge in [0.05, 0.1) is 11.3 Å². The summed E-state index contributed by atoms with van der Waals surface area (Å²) in [5.74, 6) is 0. The highest BCUT2D eigenvalue weighted by Crippen LogP contribution is 2.18. The van der Waals surface area contributed by atoms with Crippen molar-refractivity contribution in [3.63, 3.8) is 0 Å². The number of likely N-dealkylation sites (tertiary alicyclic amines) is 1. The molecule has 0 bridgehead atoms. The van der Waals surface area contributed by atoms with E-state index in [4.69, 9.17) is 0 Å². The largest absolute Gasteiger partial charge is 0.619 e. The van der Waals surface area contributed by atoms with Crippen LogP contribution in [0, 0.1) is 5.21 Å². The van der Waals surface area contributed by atoms with Gasteiger partial charge in [-0.25, -0.2) is 9.78 Å². The van der Waals surface area contributed by atoms with Gasteiger partial charge in [0.15, 0.2) is 12.4 Å². The van der Waals surface area contributed by atoms with E-state index in [0.29, 0.717) is 11.3 Å². The standard InChI is InChI=1S/C18H25N5O2/c1-3-8-21-10-6-16(7-11-21)20(2)18(24)22-13-17(19-14-22)15-5-4-9-23(25)12-15/h4-5,9,12-14,16H,3,6-8,10-11H2,1-2H3. The lowest BCUT2D eigenvalue weighted by Gasteiger charge is -2.36. The van der Waals surface area contributed by atoms with Gasteiger partial charge in [0, 0.05) is 38.4 Å². The van der Waals surface area contributed by atoms with Crippen LogP contribution in [0.25, 0.3) is 11.3 Å². The molecule has 2 aromatic heterocycles. The highest BCUT2D eigenvalue weighted by Gasteiger charge is 2.26. The second-order valence-corrected chi connectivity index (χ2v) is 6.58. The van der Waals surface area contributed by atoms with E-state index in [1.807, 2.05) is 11.9 Å². The lowest BCUT2D eigenvalue weighted by molar-refractivity contribution is -0.604. The minimum atomic E-state index is -0.0846. The molecule has 3 heterocycles. The van der Waals surface area contributed by atoms with Crippen LogP contribution in [0.2, 0.25) is 0 Å². The average molecular weight is 343 g/mol. The Hall–Kier alpha value is -2.41. The summed E-state index contributed by atoms with van der Waals surface area (Å²) in [6.45, 7) is 5.41. The molecule has 0 saturated carbocycles. The maximum Gasteiger partial charge on any atom is 0.329 e. The molecule has 1 saturated heterocycles. The number of nitrogens with zero attached hydrogens (tertiary/aromatic N) is 5. The summed E-state index contributed by atoms with van der Waals surface area (Å²) >= 11 is 0. The van der Waals surface area contributed by atoms with Crippen LogP contribution in [-0.4, -0.2) is 58.1 Å². The molecular formula is C18H25N5O2. The number of imidazole rings is 1. The van der Waals surface area contributed by atoms with Crippen LogP contribution >= 0.6 is 0 Å². The summed E-state index contributed by atoms with van der Waals surface area (Å²) in [5.41, 5.74) is 1.31. The van der Waals surface area contributed by atoms with Crippen molar-refractivity contribution in [2.75, 3.05) is 26.7 Å². The van der Waals surface area contributed by atoms with Crippen molar-refractivity contribution in [3.05, 3.63) is 42.3 Å². The van der Waals surface area contributed by atoms with Crippen molar-refractivity contribution in [2.45, 2.75) is 32.2 Å². The number of hydrogen-bond donors (Lipinski definition) is 0. The van der Waals surface area contributed by atoms with Gasteiger partial charge in [-0.3, -0.25) is 4.57 Å². The first-order valence-corrected chi connectivity index (χ1v) is 8.81. The Kier molecular flexibility index (Phi) is 5.33. The Balaban J connectivity index is 1.65. The quantitative estimate of drug-likeness (QED) is 0.629. The van der Waals surface area contributed by atoms with Crippen molar-refractivity contribution < 1.29 is 9.52 Å². The third kappa shape index (κ3) is 3.99. The minimum Gasteiger partial charge on any atom is -0.619 e. The number of aromatic nitrogens is 3. The molecule has 0 aromatic carbocycles. The van der Waals surface area contributed by atoms with Crippen molar-refractivity contribution >= 4 is 6.03 Å². The molecule has 0 aliphatic carbocycles. The molecule has 0 spiro atoms. The van der Waals surface area contributed by atoms with Crippen LogP contribution < -0.4 is 4.73 Å². The van der Waals surface area contributed by atoms with Crippen molar-refractivity contribution in [1.29, 1.82) is 0 Å². The fourth-order valence-corrected chi connectivity index (χ4v) is 3.37. The number of carbonyl (C=O) groups is 1. The Morgan fingerprint density at radius 3 is 2.88 bits per heavy atom. The molecule has 0 N–H and O–H groups in total. The van der Waals surface area contributed by atoms with Gasteiger partial charge in [0.25, 0.3) is 0 Å². The molecule has 1 fully saturated rings. The maximum absolute atomic E-state index is 12.7. The van der Waals surface area contributed by atoms with Crippen LogP contribution in [0.5, 0.6) is 0 Å². The van der Waals surface area contributed by atoms with Crippen molar-refractivity contribution in [1.82, 2.24) is 19.4 Å². The fourth-order valence-electron chi connectivity index (χ4n) is 3.37. The van der Waals surface area contributed by atoms with Crippen LogP contribution in [0.3, 0.4) is 0 Å². The molecule has 0 atom stereocenters. The summed E-state index contributed by atoms with van der Waals surface area (Å²) in [5, 5.41) is 11.4. The molecule has 7 nitrogen and oxygen atoms in total. The number of carbonyl (C=O) groups excluding carboxylic acids is 1. The van der Waals surface area contributed by atoms with E-state index in [0.717, 1.165) is 37.2 Å². The highest BCUT2D eigenvalue weighted by molar-refractivity contribution is 5.78.